The quantitative estimate of drug-likeness (QED) is 0.368. The maximum absolute atomic E-state index is 10.8. The van der Waals surface area contributed by atoms with Crippen LogP contribution in [0.5, 0.6) is 0 Å². The van der Waals surface area contributed by atoms with Crippen LogP contribution in [0.4, 0.5) is 5.69 Å². The summed E-state index contributed by atoms with van der Waals surface area (Å²) in [5.74, 6) is -0.772. The fourth-order valence-electron chi connectivity index (χ4n) is 3.59. The average Bonchev–Trinajstić information content (AvgIpc) is 2.76. The van der Waals surface area contributed by atoms with Crippen LogP contribution < -0.4 is 5.32 Å². The van der Waals surface area contributed by atoms with Crippen LogP contribution in [0.3, 0.4) is 0 Å². The Labute approximate surface area is 176 Å². The third kappa shape index (κ3) is 4.49. The Morgan fingerprint density at radius 1 is 0.900 bits per heavy atom. The van der Waals surface area contributed by atoms with Crippen molar-refractivity contribution in [1.82, 2.24) is 4.98 Å². The van der Waals surface area contributed by atoms with Gasteiger partial charge in [-0.05, 0) is 36.6 Å². The minimum atomic E-state index is -0.772. The van der Waals surface area contributed by atoms with Gasteiger partial charge in [0.25, 0.3) is 0 Å². The number of nitrogens with zero attached hydrogens (tertiary/aromatic N) is 1. The highest BCUT2D eigenvalue weighted by atomic mass is 16.4. The summed E-state index contributed by atoms with van der Waals surface area (Å²) in [7, 11) is 0. The predicted octanol–water partition coefficient (Wildman–Crippen LogP) is 6.15. The number of hydrogen-bond donors (Lipinski definition) is 2. The van der Waals surface area contributed by atoms with Gasteiger partial charge >= 0.3 is 5.97 Å². The van der Waals surface area contributed by atoms with E-state index in [0.717, 1.165) is 27.8 Å². The zero-order valence-corrected chi connectivity index (χ0v) is 16.9. The van der Waals surface area contributed by atoms with Crippen LogP contribution in [0.25, 0.3) is 33.3 Å². The van der Waals surface area contributed by atoms with Crippen molar-refractivity contribution >= 4 is 22.6 Å². The molecule has 0 bridgehead atoms. The van der Waals surface area contributed by atoms with Gasteiger partial charge in [-0.3, -0.25) is 4.79 Å². The van der Waals surface area contributed by atoms with Crippen LogP contribution >= 0.6 is 0 Å². The first-order valence-electron chi connectivity index (χ1n) is 10.1. The summed E-state index contributed by atoms with van der Waals surface area (Å²) in [6.45, 7) is 2.70. The van der Waals surface area contributed by atoms with Crippen molar-refractivity contribution in [1.29, 1.82) is 0 Å². The monoisotopic (exact) mass is 396 g/mol. The van der Waals surface area contributed by atoms with Gasteiger partial charge in [-0.1, -0.05) is 72.3 Å². The van der Waals surface area contributed by atoms with E-state index >= 15 is 0 Å². The summed E-state index contributed by atoms with van der Waals surface area (Å²) in [6.07, 6.45) is 0.732. The molecule has 0 radical (unpaired) electrons. The number of rotatable bonds is 7. The molecule has 0 aliphatic carbocycles. The van der Waals surface area contributed by atoms with Crippen molar-refractivity contribution in [3.05, 3.63) is 84.4 Å². The average molecular weight is 396 g/mol. The SMILES string of the molecule is Cc1cccc(-c2ccc(-c3cc(NCCCC(=O)O)c4ccccc4n3)cc2)c1. The molecule has 0 fully saturated rings. The highest BCUT2D eigenvalue weighted by Crippen LogP contribution is 2.30. The number of fused-ring (bicyclic) bond motifs is 1. The van der Waals surface area contributed by atoms with Crippen LogP contribution in [-0.2, 0) is 4.79 Å². The molecule has 4 nitrogen and oxygen atoms in total. The van der Waals surface area contributed by atoms with E-state index in [1.807, 2.05) is 30.3 Å². The second-order valence-corrected chi connectivity index (χ2v) is 7.44. The van der Waals surface area contributed by atoms with Crippen LogP contribution in [0.15, 0.2) is 78.9 Å². The molecular weight excluding hydrogens is 372 g/mol. The van der Waals surface area contributed by atoms with Gasteiger partial charge in [0, 0.05) is 29.6 Å². The number of anilines is 1. The minimum absolute atomic E-state index is 0.156. The largest absolute Gasteiger partial charge is 0.481 e. The first kappa shape index (κ1) is 19.6. The maximum atomic E-state index is 10.8. The molecule has 4 aromatic rings. The summed E-state index contributed by atoms with van der Waals surface area (Å²) < 4.78 is 0. The molecule has 3 aromatic carbocycles. The lowest BCUT2D eigenvalue weighted by Gasteiger charge is -2.12. The smallest absolute Gasteiger partial charge is 0.303 e. The molecule has 0 atom stereocenters. The molecule has 0 saturated heterocycles. The zero-order valence-electron chi connectivity index (χ0n) is 16.9. The van der Waals surface area contributed by atoms with E-state index in [0.29, 0.717) is 13.0 Å². The van der Waals surface area contributed by atoms with Gasteiger partial charge in [0.2, 0.25) is 0 Å². The Hall–Kier alpha value is -3.66. The number of aryl methyl sites for hydroxylation is 1. The normalized spacial score (nSPS) is 10.8. The molecular formula is C26H24N2O2. The van der Waals surface area contributed by atoms with Crippen molar-refractivity contribution < 1.29 is 9.90 Å². The molecule has 0 aliphatic heterocycles. The summed E-state index contributed by atoms with van der Waals surface area (Å²) >= 11 is 0. The number of hydrogen-bond acceptors (Lipinski definition) is 3. The fraction of sp³-hybridized carbons (Fsp3) is 0.154. The number of pyridine rings is 1. The highest BCUT2D eigenvalue weighted by Gasteiger charge is 2.08. The van der Waals surface area contributed by atoms with Gasteiger partial charge in [-0.2, -0.15) is 0 Å². The number of carboxylic acid groups (broad SMARTS) is 1. The van der Waals surface area contributed by atoms with Gasteiger partial charge in [0.05, 0.1) is 11.2 Å². The predicted molar refractivity (Wildman–Crippen MR) is 123 cm³/mol. The Morgan fingerprint density at radius 2 is 1.67 bits per heavy atom. The molecule has 0 amide bonds. The lowest BCUT2D eigenvalue weighted by atomic mass is 10.0. The second kappa shape index (κ2) is 8.78. The van der Waals surface area contributed by atoms with Crippen LogP contribution in [0.2, 0.25) is 0 Å². The fourth-order valence-corrected chi connectivity index (χ4v) is 3.59. The number of aliphatic carboxylic acids is 1. The molecule has 30 heavy (non-hydrogen) atoms. The highest BCUT2D eigenvalue weighted by molar-refractivity contribution is 5.93. The number of carboxylic acids is 1. The topological polar surface area (TPSA) is 62.2 Å². The summed E-state index contributed by atoms with van der Waals surface area (Å²) in [5, 5.41) is 13.3. The van der Waals surface area contributed by atoms with Gasteiger partial charge in [0.15, 0.2) is 0 Å². The Morgan fingerprint density at radius 3 is 2.43 bits per heavy atom. The van der Waals surface area contributed by atoms with Crippen molar-refractivity contribution in [3.63, 3.8) is 0 Å². The van der Waals surface area contributed by atoms with Crippen LogP contribution in [0.1, 0.15) is 18.4 Å². The molecule has 1 aromatic heterocycles. The van der Waals surface area contributed by atoms with Crippen molar-refractivity contribution in [2.24, 2.45) is 0 Å². The molecule has 0 aliphatic rings. The van der Waals surface area contributed by atoms with E-state index in [-0.39, 0.29) is 6.42 Å². The summed E-state index contributed by atoms with van der Waals surface area (Å²) in [4.78, 5) is 15.6. The molecule has 4 heteroatoms. The molecule has 150 valence electrons. The number of carbonyl (C=O) groups is 1. The van der Waals surface area contributed by atoms with Crippen LogP contribution in [0, 0.1) is 6.92 Å². The van der Waals surface area contributed by atoms with Gasteiger partial charge in [-0.25, -0.2) is 4.98 Å². The third-order valence-corrected chi connectivity index (χ3v) is 5.13. The van der Waals surface area contributed by atoms with Gasteiger partial charge < -0.3 is 10.4 Å². The lowest BCUT2D eigenvalue weighted by Crippen LogP contribution is -2.05. The number of aromatic nitrogens is 1. The van der Waals surface area contributed by atoms with E-state index in [9.17, 15) is 4.79 Å². The minimum Gasteiger partial charge on any atom is -0.481 e. The summed E-state index contributed by atoms with van der Waals surface area (Å²) in [6, 6.07) is 27.0. The van der Waals surface area contributed by atoms with E-state index in [1.54, 1.807) is 0 Å². The van der Waals surface area contributed by atoms with E-state index < -0.39 is 5.97 Å². The second-order valence-electron chi connectivity index (χ2n) is 7.44. The molecule has 1 heterocycles. The molecule has 0 saturated carbocycles. The van der Waals surface area contributed by atoms with Gasteiger partial charge in [-0.15, -0.1) is 0 Å². The molecule has 0 unspecified atom stereocenters. The molecule has 4 rings (SSSR count). The molecule has 0 spiro atoms. The number of nitrogens with one attached hydrogen (secondary N) is 1. The zero-order chi connectivity index (χ0) is 20.9. The number of para-hydroxylation sites is 1. The van der Waals surface area contributed by atoms with E-state index in [4.69, 9.17) is 10.1 Å². The van der Waals surface area contributed by atoms with Gasteiger partial charge in [0.1, 0.15) is 0 Å². The number of benzene rings is 3. The lowest BCUT2D eigenvalue weighted by molar-refractivity contribution is -0.137. The standard InChI is InChI=1S/C26H24N2O2/c1-18-6-4-7-21(16-18)19-11-13-20(14-12-19)24-17-25(27-15-5-10-26(29)30)22-8-2-3-9-23(22)28-24/h2-4,6-9,11-14,16-17H,5,10,15H2,1H3,(H,27,28)(H,29,30). The van der Waals surface area contributed by atoms with Crippen molar-refractivity contribution in [2.75, 3.05) is 11.9 Å². The summed E-state index contributed by atoms with van der Waals surface area (Å²) in [5.41, 5.74) is 7.45. The van der Waals surface area contributed by atoms with Crippen molar-refractivity contribution in [3.8, 4) is 22.4 Å². The van der Waals surface area contributed by atoms with Crippen molar-refractivity contribution in [2.45, 2.75) is 19.8 Å². The Bertz CT molecular complexity index is 1180. The van der Waals surface area contributed by atoms with E-state index in [2.05, 4.69) is 60.8 Å². The molecule has 2 N–H and O–H groups in total. The third-order valence-electron chi connectivity index (χ3n) is 5.13. The maximum Gasteiger partial charge on any atom is 0.303 e. The van der Waals surface area contributed by atoms with E-state index in [1.165, 1.54) is 16.7 Å². The first-order chi connectivity index (χ1) is 14.6. The van der Waals surface area contributed by atoms with Crippen LogP contribution in [-0.4, -0.2) is 22.6 Å². The Balaban J connectivity index is 1.64. The first-order valence-corrected chi connectivity index (χ1v) is 10.1. The Kier molecular flexibility index (Phi) is 5.75.